The second kappa shape index (κ2) is 5.09. The average molecular weight is 294 g/mol. The number of carbonyl (C=O) groups excluding carboxylic acids is 1. The number of nitrogen functional groups attached to an aromatic ring is 1. The van der Waals surface area contributed by atoms with E-state index in [0.717, 1.165) is 11.1 Å². The van der Waals surface area contributed by atoms with Gasteiger partial charge in [-0.05, 0) is 26.0 Å². The molecular formula is C13H15FN4OS. The monoisotopic (exact) mass is 294 g/mol. The zero-order valence-corrected chi connectivity index (χ0v) is 11.9. The average Bonchev–Trinajstić information content (AvgIpc) is 2.86. The molecule has 1 amide bonds. The van der Waals surface area contributed by atoms with Gasteiger partial charge in [0.1, 0.15) is 10.8 Å². The Hall–Kier alpha value is -2.15. The number of carbonyl (C=O) groups is 1. The first-order valence-corrected chi connectivity index (χ1v) is 6.76. The molecule has 0 spiro atoms. The lowest BCUT2D eigenvalue weighted by molar-refractivity contribution is 0.100. The Balaban J connectivity index is 2.39. The summed E-state index contributed by atoms with van der Waals surface area (Å²) in [7, 11) is 0. The van der Waals surface area contributed by atoms with Crippen molar-refractivity contribution >= 4 is 28.6 Å². The summed E-state index contributed by atoms with van der Waals surface area (Å²) in [5, 5.41) is 5.66. The van der Waals surface area contributed by atoms with E-state index in [1.165, 1.54) is 17.4 Å². The van der Waals surface area contributed by atoms with Crippen molar-refractivity contribution < 1.29 is 9.18 Å². The lowest BCUT2D eigenvalue weighted by Crippen LogP contribution is -2.28. The Labute approximate surface area is 119 Å². The normalized spacial score (nSPS) is 11.3. The van der Waals surface area contributed by atoms with Gasteiger partial charge in [-0.2, -0.15) is 0 Å². The molecule has 106 valence electrons. The van der Waals surface area contributed by atoms with Crippen molar-refractivity contribution in [2.24, 2.45) is 5.73 Å². The van der Waals surface area contributed by atoms with Gasteiger partial charge in [-0.25, -0.2) is 9.37 Å². The molecule has 0 radical (unpaired) electrons. The predicted molar refractivity (Wildman–Crippen MR) is 78.1 cm³/mol. The molecule has 2 aromatic rings. The van der Waals surface area contributed by atoms with Crippen LogP contribution in [0.25, 0.3) is 0 Å². The van der Waals surface area contributed by atoms with Crippen LogP contribution in [-0.4, -0.2) is 10.9 Å². The SMILES string of the molecule is CC(C)(Nc1cc(C(N)=O)c(N)cc1F)c1nccs1. The van der Waals surface area contributed by atoms with E-state index in [-0.39, 0.29) is 16.9 Å². The number of halogens is 1. The van der Waals surface area contributed by atoms with Gasteiger partial charge in [0.25, 0.3) is 5.91 Å². The lowest BCUT2D eigenvalue weighted by Gasteiger charge is -2.26. The summed E-state index contributed by atoms with van der Waals surface area (Å²) in [6.07, 6.45) is 1.68. The summed E-state index contributed by atoms with van der Waals surface area (Å²) in [4.78, 5) is 15.5. The lowest BCUT2D eigenvalue weighted by atomic mass is 10.0. The Morgan fingerprint density at radius 2 is 2.15 bits per heavy atom. The van der Waals surface area contributed by atoms with Gasteiger partial charge < -0.3 is 16.8 Å². The number of hydrogen-bond acceptors (Lipinski definition) is 5. The minimum atomic E-state index is -0.697. The van der Waals surface area contributed by atoms with Gasteiger partial charge in [0.05, 0.1) is 16.8 Å². The summed E-state index contributed by atoms with van der Waals surface area (Å²) in [6.45, 7) is 3.73. The molecule has 0 saturated carbocycles. The largest absolute Gasteiger partial charge is 0.398 e. The maximum absolute atomic E-state index is 14.0. The van der Waals surface area contributed by atoms with E-state index in [9.17, 15) is 9.18 Å². The Bertz CT molecular complexity index is 640. The van der Waals surface area contributed by atoms with E-state index < -0.39 is 17.3 Å². The van der Waals surface area contributed by atoms with E-state index in [0.29, 0.717) is 0 Å². The number of amides is 1. The molecule has 20 heavy (non-hydrogen) atoms. The van der Waals surface area contributed by atoms with E-state index in [1.54, 1.807) is 6.20 Å². The van der Waals surface area contributed by atoms with Crippen molar-refractivity contribution in [3.8, 4) is 0 Å². The molecule has 5 nitrogen and oxygen atoms in total. The predicted octanol–water partition coefficient (Wildman–Crippen LogP) is 2.31. The van der Waals surface area contributed by atoms with E-state index in [1.807, 2.05) is 19.2 Å². The Kier molecular flexibility index (Phi) is 3.63. The molecule has 0 aliphatic heterocycles. The molecule has 2 rings (SSSR count). The van der Waals surface area contributed by atoms with E-state index in [4.69, 9.17) is 11.5 Å². The quantitative estimate of drug-likeness (QED) is 0.754. The molecule has 1 aromatic heterocycles. The molecule has 0 aliphatic rings. The fourth-order valence-electron chi connectivity index (χ4n) is 1.82. The first kappa shape index (κ1) is 14.3. The van der Waals surface area contributed by atoms with Gasteiger partial charge in [0.2, 0.25) is 0 Å². The number of primary amides is 1. The highest BCUT2D eigenvalue weighted by molar-refractivity contribution is 7.09. The number of rotatable bonds is 4. The summed E-state index contributed by atoms with van der Waals surface area (Å²) in [5.74, 6) is -1.24. The molecule has 1 aromatic carbocycles. The van der Waals surface area contributed by atoms with Crippen molar-refractivity contribution in [3.63, 3.8) is 0 Å². The number of nitrogens with one attached hydrogen (secondary N) is 1. The van der Waals surface area contributed by atoms with Crippen LogP contribution in [0.2, 0.25) is 0 Å². The molecule has 0 aliphatic carbocycles. The van der Waals surface area contributed by atoms with Crippen LogP contribution in [0.4, 0.5) is 15.8 Å². The first-order chi connectivity index (χ1) is 9.31. The third kappa shape index (κ3) is 2.72. The molecule has 5 N–H and O–H groups in total. The Morgan fingerprint density at radius 1 is 1.45 bits per heavy atom. The summed E-state index contributed by atoms with van der Waals surface area (Å²) in [5.41, 5.74) is 10.5. The van der Waals surface area contributed by atoms with Gasteiger partial charge in [0.15, 0.2) is 0 Å². The van der Waals surface area contributed by atoms with Crippen molar-refractivity contribution in [1.82, 2.24) is 4.98 Å². The van der Waals surface area contributed by atoms with Gasteiger partial charge >= 0.3 is 0 Å². The number of aromatic nitrogens is 1. The number of nitrogens with zero attached hydrogens (tertiary/aromatic N) is 1. The molecular weight excluding hydrogens is 279 g/mol. The minimum absolute atomic E-state index is 0.0209. The van der Waals surface area contributed by atoms with Crippen LogP contribution in [0.1, 0.15) is 29.2 Å². The van der Waals surface area contributed by atoms with E-state index in [2.05, 4.69) is 10.3 Å². The van der Waals surface area contributed by atoms with Crippen molar-refractivity contribution in [3.05, 3.63) is 40.1 Å². The summed E-state index contributed by atoms with van der Waals surface area (Å²) >= 11 is 1.46. The third-order valence-corrected chi connectivity index (χ3v) is 3.92. The fraction of sp³-hybridized carbons (Fsp3) is 0.231. The number of hydrogen-bond donors (Lipinski definition) is 3. The molecule has 0 fully saturated rings. The highest BCUT2D eigenvalue weighted by atomic mass is 32.1. The zero-order chi connectivity index (χ0) is 14.9. The van der Waals surface area contributed by atoms with Crippen LogP contribution in [-0.2, 0) is 5.54 Å². The third-order valence-electron chi connectivity index (χ3n) is 2.82. The highest BCUT2D eigenvalue weighted by Gasteiger charge is 2.25. The molecule has 0 unspecified atom stereocenters. The van der Waals surface area contributed by atoms with Gasteiger partial charge in [-0.15, -0.1) is 11.3 Å². The molecule has 1 heterocycles. The van der Waals surface area contributed by atoms with E-state index >= 15 is 0 Å². The summed E-state index contributed by atoms with van der Waals surface area (Å²) in [6, 6.07) is 2.41. The number of anilines is 2. The smallest absolute Gasteiger partial charge is 0.250 e. The Morgan fingerprint density at radius 3 is 2.70 bits per heavy atom. The number of thiazole rings is 1. The molecule has 0 bridgehead atoms. The van der Waals surface area contributed by atoms with Crippen LogP contribution >= 0.6 is 11.3 Å². The van der Waals surface area contributed by atoms with Crippen molar-refractivity contribution in [1.29, 1.82) is 0 Å². The molecule has 0 saturated heterocycles. The number of nitrogens with two attached hydrogens (primary N) is 2. The van der Waals surface area contributed by atoms with Gasteiger partial charge in [-0.1, -0.05) is 0 Å². The zero-order valence-electron chi connectivity index (χ0n) is 11.1. The van der Waals surface area contributed by atoms with Crippen LogP contribution in [0.5, 0.6) is 0 Å². The van der Waals surface area contributed by atoms with Gasteiger partial charge in [-0.3, -0.25) is 4.79 Å². The molecule has 0 atom stereocenters. The first-order valence-electron chi connectivity index (χ1n) is 5.88. The van der Waals surface area contributed by atoms with Crippen LogP contribution in [0, 0.1) is 5.82 Å². The van der Waals surface area contributed by atoms with Crippen molar-refractivity contribution in [2.45, 2.75) is 19.4 Å². The fourth-order valence-corrected chi connectivity index (χ4v) is 2.54. The van der Waals surface area contributed by atoms with Crippen LogP contribution < -0.4 is 16.8 Å². The van der Waals surface area contributed by atoms with Crippen molar-refractivity contribution in [2.75, 3.05) is 11.1 Å². The standard InChI is InChI=1S/C13H15FN4OS/c1-13(2,12-17-3-4-20-12)18-10-5-7(11(16)19)9(15)6-8(10)14/h3-6,18H,15H2,1-2H3,(H2,16,19). The maximum Gasteiger partial charge on any atom is 0.250 e. The topological polar surface area (TPSA) is 94.0 Å². The van der Waals surface area contributed by atoms with Crippen LogP contribution in [0.15, 0.2) is 23.7 Å². The highest BCUT2D eigenvalue weighted by Crippen LogP contribution is 2.30. The number of benzene rings is 1. The summed E-state index contributed by atoms with van der Waals surface area (Å²) < 4.78 is 14.0. The van der Waals surface area contributed by atoms with Gasteiger partial charge in [0, 0.05) is 17.3 Å². The minimum Gasteiger partial charge on any atom is -0.398 e. The second-order valence-electron chi connectivity index (χ2n) is 4.87. The maximum atomic E-state index is 14.0. The second-order valence-corrected chi connectivity index (χ2v) is 5.77. The van der Waals surface area contributed by atoms with Crippen LogP contribution in [0.3, 0.4) is 0 Å². The molecule has 7 heteroatoms.